The largest absolute Gasteiger partial charge is 0.370 e. The van der Waals surface area contributed by atoms with Gasteiger partial charge in [0.25, 0.3) is 0 Å². The van der Waals surface area contributed by atoms with Gasteiger partial charge in [-0.1, -0.05) is 59.1 Å². The van der Waals surface area contributed by atoms with Gasteiger partial charge >= 0.3 is 0 Å². The molecule has 98 valence electrons. The average Bonchev–Trinajstić information content (AvgIpc) is 2.39. The Morgan fingerprint density at radius 3 is 2.89 bits per heavy atom. The van der Waals surface area contributed by atoms with Gasteiger partial charge < -0.3 is 10.1 Å². The van der Waals surface area contributed by atoms with Crippen LogP contribution in [0.2, 0.25) is 0 Å². The third-order valence-corrected chi connectivity index (χ3v) is 4.50. The molecule has 2 rings (SSSR count). The van der Waals surface area contributed by atoms with Crippen LogP contribution in [0.1, 0.15) is 31.2 Å². The van der Waals surface area contributed by atoms with E-state index in [-0.39, 0.29) is 6.10 Å². The summed E-state index contributed by atoms with van der Waals surface area (Å²) in [5.41, 5.74) is 1.16. The molecule has 1 N–H and O–H groups in total. The fraction of sp³-hybridized carbons (Fsp3) is 0.500. The first kappa shape index (κ1) is 13.6. The first-order valence-electron chi connectivity index (χ1n) is 6.30. The molecule has 1 amide bonds. The molecule has 1 aliphatic rings. The Bertz CT molecular complexity index is 385. The van der Waals surface area contributed by atoms with Crippen molar-refractivity contribution in [3.05, 3.63) is 35.9 Å². The monoisotopic (exact) mass is 311 g/mol. The zero-order chi connectivity index (χ0) is 12.8. The third kappa shape index (κ3) is 3.33. The maximum absolute atomic E-state index is 10.7. The first-order valence-corrected chi connectivity index (χ1v) is 7.10. The highest BCUT2D eigenvalue weighted by molar-refractivity contribution is 9.10. The molecule has 1 aromatic rings. The van der Waals surface area contributed by atoms with E-state index in [1.165, 1.54) is 0 Å². The lowest BCUT2D eigenvalue weighted by Crippen LogP contribution is -2.51. The molecule has 1 saturated carbocycles. The molecule has 0 heterocycles. The van der Waals surface area contributed by atoms with Crippen molar-refractivity contribution < 1.29 is 9.53 Å². The molecule has 18 heavy (non-hydrogen) atoms. The molecular formula is C14H18BrNO2. The number of ether oxygens (including phenoxy) is 1. The SMILES string of the molecule is O=CNC1(Br)CCCCC1OCc1ccccc1. The number of alkyl halides is 1. The van der Waals surface area contributed by atoms with Crippen LogP contribution in [0.3, 0.4) is 0 Å². The normalized spacial score (nSPS) is 27.7. The number of rotatable bonds is 5. The molecule has 3 nitrogen and oxygen atoms in total. The predicted molar refractivity (Wildman–Crippen MR) is 74.3 cm³/mol. The number of benzene rings is 1. The molecule has 0 radical (unpaired) electrons. The van der Waals surface area contributed by atoms with Gasteiger partial charge in [-0.2, -0.15) is 0 Å². The van der Waals surface area contributed by atoms with Crippen molar-refractivity contribution in [2.45, 2.75) is 42.8 Å². The molecule has 1 aromatic carbocycles. The Balaban J connectivity index is 1.95. The van der Waals surface area contributed by atoms with Crippen LogP contribution in [0, 0.1) is 0 Å². The summed E-state index contributed by atoms with van der Waals surface area (Å²) in [6.45, 7) is 0.583. The summed E-state index contributed by atoms with van der Waals surface area (Å²) in [4.78, 5) is 10.7. The molecule has 0 aliphatic heterocycles. The van der Waals surface area contributed by atoms with E-state index in [0.717, 1.165) is 37.7 Å². The fourth-order valence-corrected chi connectivity index (χ4v) is 3.09. The van der Waals surface area contributed by atoms with Gasteiger partial charge in [-0.05, 0) is 18.4 Å². The maximum Gasteiger partial charge on any atom is 0.208 e. The van der Waals surface area contributed by atoms with Crippen molar-refractivity contribution in [2.24, 2.45) is 0 Å². The number of hydrogen-bond acceptors (Lipinski definition) is 2. The van der Waals surface area contributed by atoms with Gasteiger partial charge in [0.1, 0.15) is 4.45 Å². The standard InChI is InChI=1S/C14H18BrNO2/c15-14(16-11-17)9-5-4-8-13(14)18-10-12-6-2-1-3-7-12/h1-3,6-7,11,13H,4-5,8-10H2,(H,16,17). The van der Waals surface area contributed by atoms with Crippen LogP contribution in [-0.2, 0) is 16.1 Å². The van der Waals surface area contributed by atoms with E-state index in [1.807, 2.05) is 30.3 Å². The van der Waals surface area contributed by atoms with Crippen LogP contribution in [0.4, 0.5) is 0 Å². The van der Waals surface area contributed by atoms with Crippen molar-refractivity contribution in [1.29, 1.82) is 0 Å². The van der Waals surface area contributed by atoms with Crippen LogP contribution in [-0.4, -0.2) is 17.0 Å². The van der Waals surface area contributed by atoms with Crippen LogP contribution in [0.25, 0.3) is 0 Å². The second kappa shape index (κ2) is 6.34. The summed E-state index contributed by atoms with van der Waals surface area (Å²) in [6.07, 6.45) is 4.91. The molecule has 4 heteroatoms. The minimum absolute atomic E-state index is 0.0247. The van der Waals surface area contributed by atoms with Gasteiger partial charge in [-0.25, -0.2) is 0 Å². The van der Waals surface area contributed by atoms with E-state index in [2.05, 4.69) is 21.2 Å². The number of carbonyl (C=O) groups excluding carboxylic acids is 1. The number of halogens is 1. The number of carbonyl (C=O) groups is 1. The summed E-state index contributed by atoms with van der Waals surface area (Å²) in [7, 11) is 0. The van der Waals surface area contributed by atoms with E-state index < -0.39 is 4.45 Å². The quantitative estimate of drug-likeness (QED) is 0.516. The molecule has 2 atom stereocenters. The average molecular weight is 312 g/mol. The Morgan fingerprint density at radius 2 is 2.17 bits per heavy atom. The van der Waals surface area contributed by atoms with Crippen molar-refractivity contribution in [1.82, 2.24) is 5.32 Å². The van der Waals surface area contributed by atoms with Gasteiger partial charge in [-0.15, -0.1) is 0 Å². The lowest BCUT2D eigenvalue weighted by molar-refractivity contribution is -0.112. The summed E-state index contributed by atoms with van der Waals surface area (Å²) >= 11 is 3.63. The lowest BCUT2D eigenvalue weighted by atomic mass is 9.92. The van der Waals surface area contributed by atoms with Crippen LogP contribution >= 0.6 is 15.9 Å². The molecular weight excluding hydrogens is 294 g/mol. The summed E-state index contributed by atoms with van der Waals surface area (Å²) < 4.78 is 5.57. The Labute approximate surface area is 116 Å². The lowest BCUT2D eigenvalue weighted by Gasteiger charge is -2.39. The topological polar surface area (TPSA) is 38.3 Å². The minimum Gasteiger partial charge on any atom is -0.370 e. The zero-order valence-electron chi connectivity index (χ0n) is 10.3. The molecule has 1 aliphatic carbocycles. The highest BCUT2D eigenvalue weighted by Gasteiger charge is 2.38. The smallest absolute Gasteiger partial charge is 0.208 e. The molecule has 0 saturated heterocycles. The van der Waals surface area contributed by atoms with E-state index in [9.17, 15) is 4.79 Å². The number of nitrogens with one attached hydrogen (secondary N) is 1. The van der Waals surface area contributed by atoms with Crippen molar-refractivity contribution in [2.75, 3.05) is 0 Å². The second-order valence-corrected chi connectivity index (χ2v) is 6.07. The Kier molecular flexibility index (Phi) is 4.78. The molecule has 1 fully saturated rings. The third-order valence-electron chi connectivity index (χ3n) is 3.36. The highest BCUT2D eigenvalue weighted by atomic mass is 79.9. The predicted octanol–water partition coefficient (Wildman–Crippen LogP) is 2.98. The Morgan fingerprint density at radius 1 is 1.39 bits per heavy atom. The number of amides is 1. The molecule has 2 unspecified atom stereocenters. The van der Waals surface area contributed by atoms with E-state index in [0.29, 0.717) is 6.61 Å². The van der Waals surface area contributed by atoms with Gasteiger partial charge in [-0.3, -0.25) is 4.79 Å². The summed E-state index contributed by atoms with van der Waals surface area (Å²) in [6, 6.07) is 10.1. The molecule has 0 spiro atoms. The Hall–Kier alpha value is -0.870. The van der Waals surface area contributed by atoms with E-state index in [4.69, 9.17) is 4.74 Å². The van der Waals surface area contributed by atoms with Crippen molar-refractivity contribution in [3.63, 3.8) is 0 Å². The zero-order valence-corrected chi connectivity index (χ0v) is 11.9. The number of hydrogen-bond donors (Lipinski definition) is 1. The molecule has 0 bridgehead atoms. The van der Waals surface area contributed by atoms with Gasteiger partial charge in [0.15, 0.2) is 0 Å². The fourth-order valence-electron chi connectivity index (χ4n) is 2.35. The maximum atomic E-state index is 10.7. The van der Waals surface area contributed by atoms with Gasteiger partial charge in [0.05, 0.1) is 12.7 Å². The van der Waals surface area contributed by atoms with Crippen LogP contribution in [0.5, 0.6) is 0 Å². The highest BCUT2D eigenvalue weighted by Crippen LogP contribution is 2.35. The van der Waals surface area contributed by atoms with Crippen molar-refractivity contribution in [3.8, 4) is 0 Å². The summed E-state index contributed by atoms with van der Waals surface area (Å²) in [5.74, 6) is 0. The first-order chi connectivity index (χ1) is 8.74. The van der Waals surface area contributed by atoms with Gasteiger partial charge in [0.2, 0.25) is 6.41 Å². The summed E-state index contributed by atoms with van der Waals surface area (Å²) in [5, 5.41) is 2.86. The minimum atomic E-state index is -0.401. The van der Waals surface area contributed by atoms with Gasteiger partial charge in [0, 0.05) is 0 Å². The second-order valence-electron chi connectivity index (χ2n) is 4.66. The van der Waals surface area contributed by atoms with Crippen LogP contribution < -0.4 is 5.32 Å². The van der Waals surface area contributed by atoms with Crippen molar-refractivity contribution >= 4 is 22.3 Å². The van der Waals surface area contributed by atoms with E-state index >= 15 is 0 Å². The van der Waals surface area contributed by atoms with Crippen LogP contribution in [0.15, 0.2) is 30.3 Å². The van der Waals surface area contributed by atoms with E-state index in [1.54, 1.807) is 0 Å². The molecule has 0 aromatic heterocycles.